The summed E-state index contributed by atoms with van der Waals surface area (Å²) < 4.78 is 0. The molecule has 0 spiro atoms. The Bertz CT molecular complexity index is 439. The molecule has 0 rings (SSSR count). The molecule has 4 atom stereocenters. The number of hydrogen-bond donors (Lipinski definition) is 5. The zero-order valence-corrected chi connectivity index (χ0v) is 12.8. The molecule has 0 saturated carbocycles. The fourth-order valence-corrected chi connectivity index (χ4v) is 1.63. The monoisotopic (exact) mass is 317 g/mol. The van der Waals surface area contributed by atoms with E-state index >= 15 is 0 Å². The van der Waals surface area contributed by atoms with E-state index in [1.54, 1.807) is 13.8 Å². The molecular formula is C13H23N3O6. The van der Waals surface area contributed by atoms with Crippen molar-refractivity contribution in [1.29, 1.82) is 0 Å². The van der Waals surface area contributed by atoms with Gasteiger partial charge in [0.2, 0.25) is 11.8 Å². The van der Waals surface area contributed by atoms with Crippen LogP contribution >= 0.6 is 0 Å². The maximum Gasteiger partial charge on any atom is 0.326 e. The highest BCUT2D eigenvalue weighted by Crippen LogP contribution is 2.08. The molecule has 6 N–H and O–H groups in total. The van der Waals surface area contributed by atoms with E-state index in [1.807, 2.05) is 0 Å². The van der Waals surface area contributed by atoms with E-state index < -0.39 is 48.3 Å². The van der Waals surface area contributed by atoms with Crippen molar-refractivity contribution in [2.24, 2.45) is 11.7 Å². The molecule has 2 amide bonds. The zero-order chi connectivity index (χ0) is 17.4. The number of nitrogens with one attached hydrogen (secondary N) is 2. The molecule has 0 aromatic carbocycles. The Morgan fingerprint density at radius 2 is 1.59 bits per heavy atom. The van der Waals surface area contributed by atoms with Gasteiger partial charge in [0.1, 0.15) is 12.1 Å². The van der Waals surface area contributed by atoms with Crippen LogP contribution in [0.5, 0.6) is 0 Å². The molecule has 0 radical (unpaired) electrons. The van der Waals surface area contributed by atoms with Crippen molar-refractivity contribution in [3.05, 3.63) is 0 Å². The van der Waals surface area contributed by atoms with Crippen LogP contribution in [0.2, 0.25) is 0 Å². The lowest BCUT2D eigenvalue weighted by molar-refractivity contribution is -0.144. The average Bonchev–Trinajstić information content (AvgIpc) is 2.42. The van der Waals surface area contributed by atoms with Crippen molar-refractivity contribution >= 4 is 23.8 Å². The van der Waals surface area contributed by atoms with Crippen LogP contribution in [0, 0.1) is 5.92 Å². The van der Waals surface area contributed by atoms with Gasteiger partial charge in [-0.3, -0.25) is 14.4 Å². The van der Waals surface area contributed by atoms with Crippen molar-refractivity contribution in [1.82, 2.24) is 10.6 Å². The first-order chi connectivity index (χ1) is 10.1. The van der Waals surface area contributed by atoms with Crippen molar-refractivity contribution in [2.75, 3.05) is 0 Å². The number of nitrogens with two attached hydrogens (primary N) is 1. The number of aliphatic carboxylic acids is 2. The number of amides is 2. The molecule has 0 bridgehead atoms. The molecule has 0 heterocycles. The number of hydrogen-bond acceptors (Lipinski definition) is 5. The molecule has 0 fully saturated rings. The second-order valence-corrected chi connectivity index (χ2v) is 5.14. The van der Waals surface area contributed by atoms with Crippen LogP contribution in [0.15, 0.2) is 0 Å². The Balaban J connectivity index is 4.62. The third-order valence-electron chi connectivity index (χ3n) is 3.26. The van der Waals surface area contributed by atoms with Gasteiger partial charge in [-0.2, -0.15) is 0 Å². The fraction of sp³-hybridized carbons (Fsp3) is 0.692. The molecule has 126 valence electrons. The second-order valence-electron chi connectivity index (χ2n) is 5.14. The summed E-state index contributed by atoms with van der Waals surface area (Å²) in [5, 5.41) is 22.2. The minimum atomic E-state index is -1.28. The number of carboxylic acids is 2. The Morgan fingerprint density at radius 3 is 2.00 bits per heavy atom. The summed E-state index contributed by atoms with van der Waals surface area (Å²) in [6.07, 6.45) is -0.00767. The zero-order valence-electron chi connectivity index (χ0n) is 12.8. The van der Waals surface area contributed by atoms with E-state index in [0.717, 1.165) is 0 Å². The molecule has 9 heteroatoms. The maximum absolute atomic E-state index is 11.9. The van der Waals surface area contributed by atoms with Crippen LogP contribution in [-0.4, -0.2) is 52.1 Å². The van der Waals surface area contributed by atoms with Gasteiger partial charge in [-0.25, -0.2) is 4.79 Å². The lowest BCUT2D eigenvalue weighted by atomic mass is 9.99. The van der Waals surface area contributed by atoms with Crippen LogP contribution in [-0.2, 0) is 19.2 Å². The normalized spacial score (nSPS) is 16.0. The SMILES string of the molecule is CC[C@H](C)[C@H](NC(=O)[C@H](C)NC(=O)[C@@H](N)CC(=O)O)C(=O)O. The molecule has 22 heavy (non-hydrogen) atoms. The van der Waals surface area contributed by atoms with E-state index in [4.69, 9.17) is 15.9 Å². The van der Waals surface area contributed by atoms with E-state index in [2.05, 4.69) is 10.6 Å². The molecule has 0 saturated heterocycles. The highest BCUT2D eigenvalue weighted by Gasteiger charge is 2.28. The van der Waals surface area contributed by atoms with E-state index in [1.165, 1.54) is 6.92 Å². The van der Waals surface area contributed by atoms with Gasteiger partial charge in [-0.05, 0) is 12.8 Å². The van der Waals surface area contributed by atoms with Crippen LogP contribution in [0.25, 0.3) is 0 Å². The largest absolute Gasteiger partial charge is 0.481 e. The van der Waals surface area contributed by atoms with Crippen LogP contribution in [0.4, 0.5) is 0 Å². The lowest BCUT2D eigenvalue weighted by Gasteiger charge is -2.23. The van der Waals surface area contributed by atoms with Crippen LogP contribution in [0.3, 0.4) is 0 Å². The first kappa shape index (κ1) is 19.8. The Labute approximate surface area is 128 Å². The van der Waals surface area contributed by atoms with E-state index in [-0.39, 0.29) is 5.92 Å². The molecule has 0 aromatic heterocycles. The lowest BCUT2D eigenvalue weighted by Crippen LogP contribution is -2.54. The number of rotatable bonds is 9. The van der Waals surface area contributed by atoms with Gasteiger partial charge >= 0.3 is 11.9 Å². The summed E-state index contributed by atoms with van der Waals surface area (Å²) in [5.74, 6) is -4.14. The molecule has 0 aromatic rings. The second kappa shape index (κ2) is 8.98. The van der Waals surface area contributed by atoms with Crippen molar-refractivity contribution in [2.45, 2.75) is 51.7 Å². The van der Waals surface area contributed by atoms with Gasteiger partial charge in [0.15, 0.2) is 0 Å². The maximum atomic E-state index is 11.9. The molecule has 0 aliphatic heterocycles. The summed E-state index contributed by atoms with van der Waals surface area (Å²) in [6, 6.07) is -3.37. The molecule has 9 nitrogen and oxygen atoms in total. The summed E-state index contributed by atoms with van der Waals surface area (Å²) >= 11 is 0. The quantitative estimate of drug-likeness (QED) is 0.361. The minimum Gasteiger partial charge on any atom is -0.481 e. The summed E-state index contributed by atoms with van der Waals surface area (Å²) in [5.41, 5.74) is 5.37. The number of carbonyl (C=O) groups excluding carboxylic acids is 2. The highest BCUT2D eigenvalue weighted by molar-refractivity contribution is 5.92. The predicted molar refractivity (Wildman–Crippen MR) is 76.9 cm³/mol. The molecule has 0 aliphatic rings. The first-order valence-electron chi connectivity index (χ1n) is 6.91. The van der Waals surface area contributed by atoms with E-state index in [9.17, 15) is 19.2 Å². The standard InChI is InChI=1S/C13H23N3O6/c1-4-6(2)10(13(21)22)16-11(19)7(3)15-12(20)8(14)5-9(17)18/h6-8,10H,4-5,14H2,1-3H3,(H,15,20)(H,16,19)(H,17,18)(H,21,22)/t6-,7-,8-,10-/m0/s1. The number of carboxylic acid groups (broad SMARTS) is 2. The van der Waals surface area contributed by atoms with Crippen molar-refractivity contribution < 1.29 is 29.4 Å². The Hall–Kier alpha value is -2.16. The summed E-state index contributed by atoms with van der Waals surface area (Å²) in [6.45, 7) is 4.84. The van der Waals surface area contributed by atoms with Gasteiger partial charge in [-0.1, -0.05) is 20.3 Å². The van der Waals surface area contributed by atoms with Crippen LogP contribution < -0.4 is 16.4 Å². The predicted octanol–water partition coefficient (Wildman–Crippen LogP) is -1.09. The first-order valence-corrected chi connectivity index (χ1v) is 6.91. The van der Waals surface area contributed by atoms with Gasteiger partial charge in [0.25, 0.3) is 0 Å². The van der Waals surface area contributed by atoms with Gasteiger partial charge in [-0.15, -0.1) is 0 Å². The Morgan fingerprint density at radius 1 is 1.05 bits per heavy atom. The number of carbonyl (C=O) groups is 4. The summed E-state index contributed by atoms with van der Waals surface area (Å²) in [4.78, 5) is 45.1. The topological polar surface area (TPSA) is 159 Å². The molecular weight excluding hydrogens is 294 g/mol. The van der Waals surface area contributed by atoms with Gasteiger partial charge in [0.05, 0.1) is 12.5 Å². The Kier molecular flexibility index (Phi) is 8.10. The minimum absolute atomic E-state index is 0.279. The van der Waals surface area contributed by atoms with Gasteiger partial charge < -0.3 is 26.6 Å². The van der Waals surface area contributed by atoms with E-state index in [0.29, 0.717) is 6.42 Å². The third-order valence-corrected chi connectivity index (χ3v) is 3.26. The average molecular weight is 317 g/mol. The molecule has 0 aliphatic carbocycles. The summed E-state index contributed by atoms with van der Waals surface area (Å²) in [7, 11) is 0. The molecule has 0 unspecified atom stereocenters. The highest BCUT2D eigenvalue weighted by atomic mass is 16.4. The third kappa shape index (κ3) is 6.53. The van der Waals surface area contributed by atoms with Gasteiger partial charge in [0, 0.05) is 0 Å². The van der Waals surface area contributed by atoms with Crippen LogP contribution in [0.1, 0.15) is 33.6 Å². The van der Waals surface area contributed by atoms with Crippen molar-refractivity contribution in [3.8, 4) is 0 Å². The smallest absolute Gasteiger partial charge is 0.326 e. The van der Waals surface area contributed by atoms with Crippen molar-refractivity contribution in [3.63, 3.8) is 0 Å². The fourth-order valence-electron chi connectivity index (χ4n) is 1.63.